The largest absolute Gasteiger partial charge is 0.477 e. The van der Waals surface area contributed by atoms with Crippen molar-refractivity contribution in [2.75, 3.05) is 6.61 Å². The molecule has 2 rings (SSSR count). The van der Waals surface area contributed by atoms with Gasteiger partial charge < -0.3 is 15.8 Å². The minimum atomic E-state index is -0.532. The first-order valence-corrected chi connectivity index (χ1v) is 6.97. The van der Waals surface area contributed by atoms with Crippen molar-refractivity contribution in [2.24, 2.45) is 5.73 Å². The number of para-hydroxylation sites is 2. The van der Waals surface area contributed by atoms with Crippen molar-refractivity contribution in [3.05, 3.63) is 34.4 Å². The van der Waals surface area contributed by atoms with Crippen LogP contribution in [0.2, 0.25) is 0 Å². The Morgan fingerprint density at radius 1 is 1.33 bits per heavy atom. The van der Waals surface area contributed by atoms with Gasteiger partial charge >= 0.3 is 5.69 Å². The van der Waals surface area contributed by atoms with Gasteiger partial charge in [0.2, 0.25) is 0 Å². The number of amides is 1. The molecule has 1 aromatic rings. The number of carbonyl (C=O) groups excluding carboxylic acids is 1. The van der Waals surface area contributed by atoms with Gasteiger partial charge in [-0.25, -0.2) is 0 Å². The summed E-state index contributed by atoms with van der Waals surface area (Å²) >= 11 is 0. The molecule has 0 aromatic heterocycles. The van der Waals surface area contributed by atoms with Crippen LogP contribution >= 0.6 is 0 Å². The number of carbonyl (C=O) groups is 1. The minimum Gasteiger partial charge on any atom is -0.477 e. The van der Waals surface area contributed by atoms with Crippen LogP contribution in [0, 0.1) is 10.1 Å². The zero-order chi connectivity index (χ0) is 15.2. The number of nitrogens with two attached hydrogens (primary N) is 1. The molecule has 0 unspecified atom stereocenters. The van der Waals surface area contributed by atoms with E-state index in [9.17, 15) is 14.9 Å². The molecule has 114 valence electrons. The number of rotatable bonds is 5. The van der Waals surface area contributed by atoms with Crippen LogP contribution in [0.15, 0.2) is 24.3 Å². The molecule has 1 aromatic carbocycles. The zero-order valence-corrected chi connectivity index (χ0v) is 11.7. The molecule has 21 heavy (non-hydrogen) atoms. The molecule has 0 radical (unpaired) electrons. The SMILES string of the molecule is NC1CCC(NC(=O)COc2ccccc2[N+](=O)[O-])CC1. The molecule has 1 aliphatic rings. The predicted molar refractivity (Wildman–Crippen MR) is 77.0 cm³/mol. The highest BCUT2D eigenvalue weighted by atomic mass is 16.6. The second kappa shape index (κ2) is 7.03. The molecule has 1 amide bonds. The number of nitrogens with zero attached hydrogens (tertiary/aromatic N) is 1. The van der Waals surface area contributed by atoms with Gasteiger partial charge in [-0.3, -0.25) is 14.9 Å². The molecular formula is C14H19N3O4. The first-order chi connectivity index (χ1) is 10.1. The van der Waals surface area contributed by atoms with E-state index in [0.29, 0.717) is 0 Å². The molecule has 0 atom stereocenters. The zero-order valence-electron chi connectivity index (χ0n) is 11.7. The van der Waals surface area contributed by atoms with Gasteiger partial charge in [0.1, 0.15) is 0 Å². The summed E-state index contributed by atoms with van der Waals surface area (Å²) in [5.74, 6) is -0.170. The summed E-state index contributed by atoms with van der Waals surface area (Å²) in [6.07, 6.45) is 3.52. The molecule has 1 fully saturated rings. The molecule has 3 N–H and O–H groups in total. The standard InChI is InChI=1S/C14H19N3O4/c15-10-5-7-11(8-6-10)16-14(18)9-21-13-4-2-1-3-12(13)17(19)20/h1-4,10-11H,5-9,15H2,(H,16,18). The molecule has 0 spiro atoms. The molecule has 7 nitrogen and oxygen atoms in total. The number of benzene rings is 1. The lowest BCUT2D eigenvalue weighted by atomic mass is 9.92. The number of nitro benzene ring substituents is 1. The Kier molecular flexibility index (Phi) is 5.10. The second-order valence-corrected chi connectivity index (χ2v) is 5.19. The molecule has 0 saturated heterocycles. The van der Waals surface area contributed by atoms with Crippen LogP contribution in [-0.4, -0.2) is 29.5 Å². The fourth-order valence-electron chi connectivity index (χ4n) is 2.41. The maximum Gasteiger partial charge on any atom is 0.310 e. The number of nitrogens with one attached hydrogen (secondary N) is 1. The van der Waals surface area contributed by atoms with Crippen molar-refractivity contribution in [2.45, 2.75) is 37.8 Å². The van der Waals surface area contributed by atoms with E-state index in [1.807, 2.05) is 0 Å². The van der Waals surface area contributed by atoms with Gasteiger partial charge in [-0.15, -0.1) is 0 Å². The third-order valence-corrected chi connectivity index (χ3v) is 3.56. The Morgan fingerprint density at radius 2 is 2.00 bits per heavy atom. The third-order valence-electron chi connectivity index (χ3n) is 3.56. The van der Waals surface area contributed by atoms with Crippen LogP contribution in [-0.2, 0) is 4.79 Å². The average molecular weight is 293 g/mol. The average Bonchev–Trinajstić information content (AvgIpc) is 2.48. The first kappa shape index (κ1) is 15.2. The normalized spacial score (nSPS) is 21.6. The van der Waals surface area contributed by atoms with Crippen LogP contribution in [0.4, 0.5) is 5.69 Å². The Labute approximate surface area is 122 Å². The highest BCUT2D eigenvalue weighted by molar-refractivity contribution is 5.78. The van der Waals surface area contributed by atoms with Gasteiger partial charge in [0, 0.05) is 18.2 Å². The lowest BCUT2D eigenvalue weighted by Crippen LogP contribution is -2.42. The molecule has 1 aliphatic carbocycles. The quantitative estimate of drug-likeness (QED) is 0.629. The van der Waals surface area contributed by atoms with Crippen LogP contribution in [0.5, 0.6) is 5.75 Å². The van der Waals surface area contributed by atoms with E-state index in [1.54, 1.807) is 12.1 Å². The smallest absolute Gasteiger partial charge is 0.310 e. The van der Waals surface area contributed by atoms with Gasteiger partial charge in [-0.1, -0.05) is 12.1 Å². The summed E-state index contributed by atoms with van der Waals surface area (Å²) in [6.45, 7) is -0.229. The van der Waals surface area contributed by atoms with Gasteiger partial charge in [-0.05, 0) is 31.7 Å². The molecule has 0 bridgehead atoms. The van der Waals surface area contributed by atoms with E-state index < -0.39 is 4.92 Å². The lowest BCUT2D eigenvalue weighted by molar-refractivity contribution is -0.385. The van der Waals surface area contributed by atoms with Gasteiger partial charge in [0.05, 0.1) is 4.92 Å². The highest BCUT2D eigenvalue weighted by Gasteiger charge is 2.21. The minimum absolute atomic E-state index is 0.100. The Morgan fingerprint density at radius 3 is 2.67 bits per heavy atom. The van der Waals surface area contributed by atoms with Gasteiger partial charge in [-0.2, -0.15) is 0 Å². The lowest BCUT2D eigenvalue weighted by Gasteiger charge is -2.26. The summed E-state index contributed by atoms with van der Waals surface area (Å²) < 4.78 is 5.24. The van der Waals surface area contributed by atoms with Gasteiger partial charge in [0.15, 0.2) is 12.4 Å². The second-order valence-electron chi connectivity index (χ2n) is 5.19. The topological polar surface area (TPSA) is 107 Å². The Bertz CT molecular complexity index is 513. The monoisotopic (exact) mass is 293 g/mol. The first-order valence-electron chi connectivity index (χ1n) is 6.97. The van der Waals surface area contributed by atoms with Crippen molar-refractivity contribution >= 4 is 11.6 Å². The van der Waals surface area contributed by atoms with Crippen LogP contribution in [0.3, 0.4) is 0 Å². The Hall–Kier alpha value is -2.15. The van der Waals surface area contributed by atoms with E-state index >= 15 is 0 Å². The van der Waals surface area contributed by atoms with E-state index in [-0.39, 0.29) is 36.0 Å². The van der Waals surface area contributed by atoms with Gasteiger partial charge in [0.25, 0.3) is 5.91 Å². The molecule has 0 heterocycles. The summed E-state index contributed by atoms with van der Waals surface area (Å²) in [4.78, 5) is 22.1. The third kappa shape index (κ3) is 4.42. The van der Waals surface area contributed by atoms with E-state index in [1.165, 1.54) is 12.1 Å². The summed E-state index contributed by atoms with van der Waals surface area (Å²) in [5, 5.41) is 13.7. The van der Waals surface area contributed by atoms with Crippen molar-refractivity contribution in [3.63, 3.8) is 0 Å². The van der Waals surface area contributed by atoms with Crippen LogP contribution in [0.25, 0.3) is 0 Å². The molecule has 7 heteroatoms. The molecule has 0 aliphatic heterocycles. The van der Waals surface area contributed by atoms with E-state index in [4.69, 9.17) is 10.5 Å². The fraction of sp³-hybridized carbons (Fsp3) is 0.500. The number of ether oxygens (including phenoxy) is 1. The van der Waals surface area contributed by atoms with Crippen molar-refractivity contribution in [3.8, 4) is 5.75 Å². The number of hydrogen-bond acceptors (Lipinski definition) is 5. The van der Waals surface area contributed by atoms with Crippen LogP contribution in [0.1, 0.15) is 25.7 Å². The van der Waals surface area contributed by atoms with Crippen molar-refractivity contribution < 1.29 is 14.5 Å². The van der Waals surface area contributed by atoms with E-state index in [0.717, 1.165) is 25.7 Å². The summed E-state index contributed by atoms with van der Waals surface area (Å²) in [7, 11) is 0. The number of nitro groups is 1. The van der Waals surface area contributed by atoms with Crippen LogP contribution < -0.4 is 15.8 Å². The fourth-order valence-corrected chi connectivity index (χ4v) is 2.41. The maximum absolute atomic E-state index is 11.8. The van der Waals surface area contributed by atoms with Crippen molar-refractivity contribution in [1.82, 2.24) is 5.32 Å². The summed E-state index contributed by atoms with van der Waals surface area (Å²) in [5.41, 5.74) is 5.66. The highest BCUT2D eigenvalue weighted by Crippen LogP contribution is 2.25. The van der Waals surface area contributed by atoms with E-state index in [2.05, 4.69) is 5.32 Å². The van der Waals surface area contributed by atoms with Crippen molar-refractivity contribution in [1.29, 1.82) is 0 Å². The maximum atomic E-state index is 11.8. The molecule has 1 saturated carbocycles. The Balaban J connectivity index is 1.83. The summed E-state index contributed by atoms with van der Waals surface area (Å²) in [6, 6.07) is 6.34. The molecular weight excluding hydrogens is 274 g/mol. The predicted octanol–water partition coefficient (Wildman–Crippen LogP) is 1.36. The number of hydrogen-bond donors (Lipinski definition) is 2.